The molecule has 0 spiro atoms. The van der Waals surface area contributed by atoms with E-state index in [1.165, 1.54) is 0 Å². The molecule has 2 aromatic rings. The van der Waals surface area contributed by atoms with Crippen LogP contribution in [-0.4, -0.2) is 25.7 Å². The minimum absolute atomic E-state index is 0.250. The average molecular weight is 342 g/mol. The molecule has 1 atom stereocenters. The molecule has 5 nitrogen and oxygen atoms in total. The fourth-order valence-electron chi connectivity index (χ4n) is 1.90. The van der Waals surface area contributed by atoms with E-state index in [2.05, 4.69) is 14.7 Å². The third kappa shape index (κ3) is 4.66. The lowest BCUT2D eigenvalue weighted by atomic mass is 10.0. The van der Waals surface area contributed by atoms with E-state index in [-0.39, 0.29) is 5.71 Å². The van der Waals surface area contributed by atoms with E-state index in [9.17, 15) is 4.55 Å². The summed E-state index contributed by atoms with van der Waals surface area (Å²) < 4.78 is 15.9. The molecule has 0 aliphatic rings. The van der Waals surface area contributed by atoms with E-state index >= 15 is 0 Å². The van der Waals surface area contributed by atoms with E-state index in [0.717, 1.165) is 11.4 Å². The maximum Gasteiger partial charge on any atom is 0.144 e. The molecule has 2 rings (SSSR count). The molecule has 0 aliphatic heterocycles. The zero-order valence-electron chi connectivity index (χ0n) is 14.3. The lowest BCUT2D eigenvalue weighted by Gasteiger charge is -2.19. The fraction of sp³-hybridized carbons (Fsp3) is 0.278. The van der Waals surface area contributed by atoms with Crippen molar-refractivity contribution in [3.63, 3.8) is 0 Å². The maximum atomic E-state index is 12.2. The smallest absolute Gasteiger partial charge is 0.144 e. The summed E-state index contributed by atoms with van der Waals surface area (Å²) in [5, 5.41) is 11.7. The Morgan fingerprint density at radius 3 is 2.54 bits per heavy atom. The van der Waals surface area contributed by atoms with Crippen molar-refractivity contribution in [3.05, 3.63) is 54.4 Å². The van der Waals surface area contributed by atoms with E-state index in [1.807, 2.05) is 57.2 Å². The molecule has 2 N–H and O–H groups in total. The highest BCUT2D eigenvalue weighted by molar-refractivity contribution is 7.91. The summed E-state index contributed by atoms with van der Waals surface area (Å²) in [4.78, 5) is 4.08. The average Bonchev–Trinajstić information content (AvgIpc) is 2.54. The van der Waals surface area contributed by atoms with Crippen molar-refractivity contribution in [2.75, 3.05) is 5.32 Å². The Labute approximate surface area is 146 Å². The highest BCUT2D eigenvalue weighted by Gasteiger charge is 2.27. The van der Waals surface area contributed by atoms with Crippen LogP contribution in [0.5, 0.6) is 0 Å². The van der Waals surface area contributed by atoms with Gasteiger partial charge in [-0.1, -0.05) is 22.6 Å². The predicted molar refractivity (Wildman–Crippen MR) is 102 cm³/mol. The zero-order valence-corrected chi connectivity index (χ0v) is 15.1. The summed E-state index contributed by atoms with van der Waals surface area (Å²) in [6.07, 6.45) is 3.42. The lowest BCUT2D eigenvalue weighted by molar-refractivity contribution is 0.561. The summed E-state index contributed by atoms with van der Waals surface area (Å²) in [5.41, 5.74) is 3.02. The summed E-state index contributed by atoms with van der Waals surface area (Å²) in [5.74, 6) is 0. The SMILES string of the molecule is C/C(=N\[S@+]([O-])C(C)(C)C)C(=N)c1ccccc1Nc1cccnc1. The molecule has 0 radical (unpaired) electrons. The molecule has 1 aromatic heterocycles. The van der Waals surface area contributed by atoms with Gasteiger partial charge in [0.05, 0.1) is 17.6 Å². The van der Waals surface area contributed by atoms with E-state index < -0.39 is 16.1 Å². The maximum absolute atomic E-state index is 12.2. The third-order valence-electron chi connectivity index (χ3n) is 3.24. The standard InChI is InChI=1S/C18H22N4OS/c1-13(22-24(23)18(2,3)4)17(19)15-9-5-6-10-16(15)21-14-8-7-11-20-12-14/h5-12,19,21H,1-4H3/b19-17?,22-13+/t24-/m1/s1. The van der Waals surface area contributed by atoms with Gasteiger partial charge >= 0.3 is 0 Å². The molecular formula is C18H22N4OS. The van der Waals surface area contributed by atoms with Crippen LogP contribution in [0.3, 0.4) is 0 Å². The quantitative estimate of drug-likeness (QED) is 0.633. The predicted octanol–water partition coefficient (Wildman–Crippen LogP) is 4.12. The first-order valence-corrected chi connectivity index (χ1v) is 8.72. The molecule has 6 heteroatoms. The highest BCUT2D eigenvalue weighted by Crippen LogP contribution is 2.22. The molecule has 24 heavy (non-hydrogen) atoms. The van der Waals surface area contributed by atoms with Crippen molar-refractivity contribution in [1.29, 1.82) is 5.41 Å². The molecule has 0 amide bonds. The van der Waals surface area contributed by atoms with Gasteiger partial charge in [-0.3, -0.25) is 10.4 Å². The van der Waals surface area contributed by atoms with Crippen LogP contribution in [0.2, 0.25) is 0 Å². The molecule has 0 saturated carbocycles. The monoisotopic (exact) mass is 342 g/mol. The Balaban J connectivity index is 2.29. The number of benzene rings is 1. The van der Waals surface area contributed by atoms with Crippen LogP contribution >= 0.6 is 0 Å². The topological polar surface area (TPSA) is 84.2 Å². The van der Waals surface area contributed by atoms with E-state index in [1.54, 1.807) is 19.3 Å². The third-order valence-corrected chi connectivity index (χ3v) is 4.73. The first kappa shape index (κ1) is 18.2. The van der Waals surface area contributed by atoms with Gasteiger partial charge in [0.2, 0.25) is 0 Å². The number of pyridine rings is 1. The van der Waals surface area contributed by atoms with Gasteiger partial charge in [0, 0.05) is 17.4 Å². The van der Waals surface area contributed by atoms with Crippen LogP contribution < -0.4 is 5.32 Å². The minimum Gasteiger partial charge on any atom is -0.591 e. The van der Waals surface area contributed by atoms with Gasteiger partial charge in [-0.2, -0.15) is 0 Å². The van der Waals surface area contributed by atoms with Crippen molar-refractivity contribution in [2.45, 2.75) is 32.4 Å². The first-order chi connectivity index (χ1) is 11.3. The molecular weight excluding hydrogens is 320 g/mol. The van der Waals surface area contributed by atoms with Crippen LogP contribution in [-0.2, 0) is 11.4 Å². The summed E-state index contributed by atoms with van der Waals surface area (Å²) >= 11 is -1.39. The summed E-state index contributed by atoms with van der Waals surface area (Å²) in [7, 11) is 0. The second kappa shape index (κ2) is 7.59. The van der Waals surface area contributed by atoms with Crippen molar-refractivity contribution in [2.24, 2.45) is 4.40 Å². The van der Waals surface area contributed by atoms with E-state index in [0.29, 0.717) is 11.3 Å². The van der Waals surface area contributed by atoms with Gasteiger partial charge in [0.1, 0.15) is 21.8 Å². The van der Waals surface area contributed by atoms with Gasteiger partial charge in [0.25, 0.3) is 0 Å². The van der Waals surface area contributed by atoms with Gasteiger partial charge in [-0.05, 0) is 45.9 Å². The molecule has 1 aromatic carbocycles. The zero-order chi connectivity index (χ0) is 17.7. The molecule has 0 aliphatic carbocycles. The normalized spacial score (nSPS) is 13.5. The highest BCUT2D eigenvalue weighted by atomic mass is 32.2. The summed E-state index contributed by atoms with van der Waals surface area (Å²) in [6, 6.07) is 11.3. The van der Waals surface area contributed by atoms with Gasteiger partial charge in [-0.15, -0.1) is 0 Å². The Morgan fingerprint density at radius 2 is 1.92 bits per heavy atom. The van der Waals surface area contributed by atoms with Gasteiger partial charge in [-0.25, -0.2) is 0 Å². The molecule has 0 fully saturated rings. The molecule has 0 saturated heterocycles. The number of rotatable bonds is 5. The number of para-hydroxylation sites is 1. The van der Waals surface area contributed by atoms with Crippen LogP contribution in [0, 0.1) is 5.41 Å². The van der Waals surface area contributed by atoms with Crippen LogP contribution in [0.4, 0.5) is 11.4 Å². The van der Waals surface area contributed by atoms with E-state index in [4.69, 9.17) is 5.41 Å². The van der Waals surface area contributed by atoms with Crippen LogP contribution in [0.25, 0.3) is 0 Å². The van der Waals surface area contributed by atoms with Crippen LogP contribution in [0.1, 0.15) is 33.3 Å². The van der Waals surface area contributed by atoms with Crippen molar-refractivity contribution >= 4 is 34.2 Å². The van der Waals surface area contributed by atoms with Gasteiger partial charge in [0.15, 0.2) is 0 Å². The molecule has 1 heterocycles. The number of hydrogen-bond acceptors (Lipinski definition) is 5. The number of anilines is 2. The molecule has 126 valence electrons. The number of nitrogens with one attached hydrogen (secondary N) is 2. The Morgan fingerprint density at radius 1 is 1.21 bits per heavy atom. The Hall–Kier alpha value is -2.18. The number of hydrogen-bond donors (Lipinski definition) is 2. The van der Waals surface area contributed by atoms with Crippen LogP contribution in [0.15, 0.2) is 53.2 Å². The second-order valence-corrected chi connectivity index (χ2v) is 8.23. The van der Waals surface area contributed by atoms with Crippen molar-refractivity contribution < 1.29 is 4.55 Å². The fourth-order valence-corrected chi connectivity index (χ4v) is 2.52. The Kier molecular flexibility index (Phi) is 5.75. The minimum atomic E-state index is -1.39. The number of aromatic nitrogens is 1. The first-order valence-electron chi connectivity index (χ1n) is 7.61. The lowest BCUT2D eigenvalue weighted by Crippen LogP contribution is -2.28. The molecule has 0 bridgehead atoms. The molecule has 0 unspecified atom stereocenters. The largest absolute Gasteiger partial charge is 0.591 e. The van der Waals surface area contributed by atoms with Crippen molar-refractivity contribution in [3.8, 4) is 0 Å². The second-order valence-electron chi connectivity index (χ2n) is 6.33. The van der Waals surface area contributed by atoms with Gasteiger partial charge < -0.3 is 9.87 Å². The van der Waals surface area contributed by atoms with Crippen molar-refractivity contribution in [1.82, 2.24) is 4.98 Å². The summed E-state index contributed by atoms with van der Waals surface area (Å²) in [6.45, 7) is 7.30. The number of nitrogens with zero attached hydrogens (tertiary/aromatic N) is 2. The Bertz CT molecular complexity index is 738.